The van der Waals surface area contributed by atoms with Crippen LogP contribution in [0.1, 0.15) is 17.7 Å². The molecule has 1 aliphatic carbocycles. The van der Waals surface area contributed by atoms with Crippen LogP contribution in [0.3, 0.4) is 0 Å². The van der Waals surface area contributed by atoms with Crippen LogP contribution in [0, 0.1) is 0 Å². The summed E-state index contributed by atoms with van der Waals surface area (Å²) in [5.41, 5.74) is 3.82. The maximum atomic E-state index is 4.69. The molecule has 3 rings (SSSR count). The molecule has 1 aromatic heterocycles. The molecule has 0 unspecified atom stereocenters. The van der Waals surface area contributed by atoms with Gasteiger partial charge in [-0.25, -0.2) is 0 Å². The number of aromatic nitrogens is 1. The molecule has 0 atom stereocenters. The Hall–Kier alpha value is -0.890. The molecule has 2 aromatic rings. The van der Waals surface area contributed by atoms with Gasteiger partial charge in [-0.2, -0.15) is 0 Å². The van der Waals surface area contributed by atoms with E-state index >= 15 is 0 Å². The third-order valence-corrected chi connectivity index (χ3v) is 3.76. The minimum absolute atomic E-state index is 1.11. The lowest BCUT2D eigenvalue weighted by Gasteiger charge is -2.06. The zero-order valence-corrected chi connectivity index (χ0v) is 9.34. The van der Waals surface area contributed by atoms with Gasteiger partial charge in [-0.15, -0.1) is 0 Å². The number of para-hydroxylation sites is 1. The summed E-state index contributed by atoms with van der Waals surface area (Å²) in [7, 11) is 0. The van der Waals surface area contributed by atoms with Crippen LogP contribution in [-0.2, 0) is 12.8 Å². The number of rotatable bonds is 0. The van der Waals surface area contributed by atoms with E-state index < -0.39 is 0 Å². The molecule has 0 saturated carbocycles. The van der Waals surface area contributed by atoms with Gasteiger partial charge in [0.25, 0.3) is 0 Å². The Morgan fingerprint density at radius 3 is 2.93 bits per heavy atom. The van der Waals surface area contributed by atoms with Crippen LogP contribution in [0.25, 0.3) is 10.9 Å². The summed E-state index contributed by atoms with van der Waals surface area (Å²) in [4.78, 5) is 4.69. The normalized spacial score (nSPS) is 14.6. The Labute approximate surface area is 91.3 Å². The summed E-state index contributed by atoms with van der Waals surface area (Å²) in [5, 5.41) is 1.24. The summed E-state index contributed by atoms with van der Waals surface area (Å²) in [6.45, 7) is 0. The van der Waals surface area contributed by atoms with Crippen LogP contribution in [-0.4, -0.2) is 4.98 Å². The Bertz CT molecular complexity index is 505. The smallest absolute Gasteiger partial charge is 0.0716 e. The van der Waals surface area contributed by atoms with Crippen molar-refractivity contribution in [3.05, 3.63) is 40.0 Å². The standard InChI is InChI=1S/C12H10BrN/c13-12-8-4-1-2-6-10(8)14-11-7-3-5-9(11)12/h1-2,4,6H,3,5,7H2. The summed E-state index contributed by atoms with van der Waals surface area (Å²) in [6, 6.07) is 8.32. The Morgan fingerprint density at radius 2 is 2.00 bits per heavy atom. The maximum Gasteiger partial charge on any atom is 0.0716 e. The molecule has 1 heterocycles. The number of hydrogen-bond donors (Lipinski definition) is 0. The molecule has 0 saturated heterocycles. The number of aryl methyl sites for hydroxylation is 1. The van der Waals surface area contributed by atoms with Gasteiger partial charge in [-0.3, -0.25) is 4.98 Å². The molecule has 0 N–H and O–H groups in total. The summed E-state index contributed by atoms with van der Waals surface area (Å²) < 4.78 is 1.26. The van der Waals surface area contributed by atoms with E-state index in [4.69, 9.17) is 0 Å². The van der Waals surface area contributed by atoms with Gasteiger partial charge >= 0.3 is 0 Å². The molecular weight excluding hydrogens is 238 g/mol. The van der Waals surface area contributed by atoms with Gasteiger partial charge in [0.05, 0.1) is 5.52 Å². The lowest BCUT2D eigenvalue weighted by atomic mass is 10.1. The highest BCUT2D eigenvalue weighted by Crippen LogP contribution is 2.33. The highest BCUT2D eigenvalue weighted by Gasteiger charge is 2.17. The second-order valence-electron chi connectivity index (χ2n) is 3.72. The Morgan fingerprint density at radius 1 is 1.14 bits per heavy atom. The molecular formula is C12H10BrN. The highest BCUT2D eigenvalue weighted by atomic mass is 79.9. The highest BCUT2D eigenvalue weighted by molar-refractivity contribution is 9.10. The fourth-order valence-corrected chi connectivity index (χ4v) is 2.91. The zero-order chi connectivity index (χ0) is 9.54. The topological polar surface area (TPSA) is 12.9 Å². The van der Waals surface area contributed by atoms with Crippen LogP contribution in [0.15, 0.2) is 28.7 Å². The van der Waals surface area contributed by atoms with Crippen molar-refractivity contribution in [2.45, 2.75) is 19.3 Å². The van der Waals surface area contributed by atoms with Crippen LogP contribution >= 0.6 is 15.9 Å². The van der Waals surface area contributed by atoms with Crippen LogP contribution in [0.5, 0.6) is 0 Å². The third kappa shape index (κ3) is 1.10. The molecule has 0 aliphatic heterocycles. The number of benzene rings is 1. The van der Waals surface area contributed by atoms with Crippen molar-refractivity contribution in [2.75, 3.05) is 0 Å². The number of nitrogens with zero attached hydrogens (tertiary/aromatic N) is 1. The summed E-state index contributed by atoms with van der Waals surface area (Å²) >= 11 is 3.69. The SMILES string of the molecule is Brc1c2c(nc3ccccc13)CCC2. The van der Waals surface area contributed by atoms with Crippen molar-refractivity contribution in [2.24, 2.45) is 0 Å². The third-order valence-electron chi connectivity index (χ3n) is 2.85. The summed E-state index contributed by atoms with van der Waals surface area (Å²) in [5.74, 6) is 0. The first-order chi connectivity index (χ1) is 6.86. The fourth-order valence-electron chi connectivity index (χ4n) is 2.15. The van der Waals surface area contributed by atoms with E-state index in [-0.39, 0.29) is 0 Å². The van der Waals surface area contributed by atoms with Crippen LogP contribution in [0.2, 0.25) is 0 Å². The van der Waals surface area contributed by atoms with Crippen LogP contribution < -0.4 is 0 Å². The number of halogens is 1. The van der Waals surface area contributed by atoms with Crippen LogP contribution in [0.4, 0.5) is 0 Å². The van der Waals surface area contributed by atoms with Gasteiger partial charge in [0.2, 0.25) is 0 Å². The zero-order valence-electron chi connectivity index (χ0n) is 7.76. The van der Waals surface area contributed by atoms with Crippen molar-refractivity contribution >= 4 is 26.8 Å². The van der Waals surface area contributed by atoms with E-state index in [0.717, 1.165) is 11.9 Å². The van der Waals surface area contributed by atoms with Gasteiger partial charge in [0.1, 0.15) is 0 Å². The second kappa shape index (κ2) is 3.06. The number of fused-ring (bicyclic) bond motifs is 2. The summed E-state index contributed by atoms with van der Waals surface area (Å²) in [6.07, 6.45) is 3.56. The first kappa shape index (κ1) is 8.42. The van der Waals surface area contributed by atoms with Gasteiger partial charge in [0, 0.05) is 15.6 Å². The predicted octanol–water partition coefficient (Wildman–Crippen LogP) is 3.49. The van der Waals surface area contributed by atoms with E-state index in [1.165, 1.54) is 34.0 Å². The average Bonchev–Trinajstić information content (AvgIpc) is 2.66. The molecule has 14 heavy (non-hydrogen) atoms. The minimum atomic E-state index is 1.11. The van der Waals surface area contributed by atoms with Gasteiger partial charge in [0.15, 0.2) is 0 Å². The minimum Gasteiger partial charge on any atom is -0.252 e. The van der Waals surface area contributed by atoms with Crippen molar-refractivity contribution in [3.63, 3.8) is 0 Å². The van der Waals surface area contributed by atoms with E-state index in [1.807, 2.05) is 6.07 Å². The molecule has 0 radical (unpaired) electrons. The molecule has 1 nitrogen and oxygen atoms in total. The van der Waals surface area contributed by atoms with Crippen molar-refractivity contribution in [1.29, 1.82) is 0 Å². The van der Waals surface area contributed by atoms with E-state index in [9.17, 15) is 0 Å². The molecule has 2 heteroatoms. The van der Waals surface area contributed by atoms with E-state index in [2.05, 4.69) is 39.1 Å². The van der Waals surface area contributed by atoms with Crippen molar-refractivity contribution < 1.29 is 0 Å². The maximum absolute atomic E-state index is 4.69. The molecule has 0 bridgehead atoms. The Kier molecular flexibility index (Phi) is 1.84. The molecule has 0 fully saturated rings. The monoisotopic (exact) mass is 247 g/mol. The molecule has 0 spiro atoms. The quantitative estimate of drug-likeness (QED) is 0.695. The molecule has 1 aromatic carbocycles. The lowest BCUT2D eigenvalue weighted by Crippen LogP contribution is -1.91. The fraction of sp³-hybridized carbons (Fsp3) is 0.250. The first-order valence-electron chi connectivity index (χ1n) is 4.92. The average molecular weight is 248 g/mol. The predicted molar refractivity (Wildman–Crippen MR) is 61.5 cm³/mol. The van der Waals surface area contributed by atoms with Gasteiger partial charge in [-0.1, -0.05) is 18.2 Å². The van der Waals surface area contributed by atoms with Gasteiger partial charge in [-0.05, 0) is 46.8 Å². The second-order valence-corrected chi connectivity index (χ2v) is 4.51. The van der Waals surface area contributed by atoms with Gasteiger partial charge < -0.3 is 0 Å². The lowest BCUT2D eigenvalue weighted by molar-refractivity contribution is 0.900. The Balaban J connectivity index is 2.44. The molecule has 0 amide bonds. The van der Waals surface area contributed by atoms with E-state index in [1.54, 1.807) is 0 Å². The number of hydrogen-bond acceptors (Lipinski definition) is 1. The van der Waals surface area contributed by atoms with E-state index in [0.29, 0.717) is 0 Å². The molecule has 70 valence electrons. The first-order valence-corrected chi connectivity index (χ1v) is 5.71. The number of pyridine rings is 1. The molecule has 1 aliphatic rings. The largest absolute Gasteiger partial charge is 0.252 e. The van der Waals surface area contributed by atoms with Crippen molar-refractivity contribution in [1.82, 2.24) is 4.98 Å². The van der Waals surface area contributed by atoms with Crippen molar-refractivity contribution in [3.8, 4) is 0 Å².